The van der Waals surface area contributed by atoms with Gasteiger partial charge in [0.2, 0.25) is 17.7 Å². The Kier molecular flexibility index (Phi) is 7.47. The number of rotatable bonds is 9. The smallest absolute Gasteiger partial charge is 0.255 e. The molecule has 0 radical (unpaired) electrons. The summed E-state index contributed by atoms with van der Waals surface area (Å²) in [6.45, 7) is 0.194. The van der Waals surface area contributed by atoms with Crippen molar-refractivity contribution in [2.45, 2.75) is 31.5 Å². The van der Waals surface area contributed by atoms with Crippen LogP contribution < -0.4 is 15.4 Å². The first-order valence-electron chi connectivity index (χ1n) is 11.5. The van der Waals surface area contributed by atoms with Crippen molar-refractivity contribution in [3.05, 3.63) is 30.5 Å². The Morgan fingerprint density at radius 3 is 2.84 bits per heavy atom. The number of halogens is 3. The van der Waals surface area contributed by atoms with Crippen LogP contribution in [0.3, 0.4) is 0 Å². The SMILES string of the molecule is COc1nc(NC2CCN(C(=O)CO)CC2(C)F)nn2ccc(-c3ccc(N=N)c(NCC(F)F)c3)c12. The monoisotopic (exact) mass is 520 g/mol. The molecule has 1 aromatic carbocycles. The number of aliphatic hydroxyl groups is 1. The molecule has 4 rings (SSSR count). The van der Waals surface area contributed by atoms with Crippen molar-refractivity contribution < 1.29 is 27.8 Å². The molecule has 1 aliphatic rings. The molecule has 1 aliphatic heterocycles. The fourth-order valence-electron chi connectivity index (χ4n) is 4.40. The molecule has 37 heavy (non-hydrogen) atoms. The van der Waals surface area contributed by atoms with Crippen LogP contribution in [0, 0.1) is 5.53 Å². The summed E-state index contributed by atoms with van der Waals surface area (Å²) in [6.07, 6.45) is -0.640. The van der Waals surface area contributed by atoms with Gasteiger partial charge >= 0.3 is 0 Å². The second-order valence-corrected chi connectivity index (χ2v) is 8.82. The standard InChI is InChI=1S/C23H27F3N8O3/c1-23(26)12-33(19(36)11-35)7-6-17(23)29-22-30-21(37-2)20-14(5-8-34(20)32-22)13-3-4-15(31-27)16(9-13)28-10-18(24)25/h3-5,8-9,17-18,27-28,35H,6-7,10-12H2,1-2H3,(H,29,32). The van der Waals surface area contributed by atoms with Crippen LogP contribution in [0.2, 0.25) is 0 Å². The van der Waals surface area contributed by atoms with E-state index in [9.17, 15) is 13.6 Å². The van der Waals surface area contributed by atoms with Crippen molar-refractivity contribution >= 4 is 28.7 Å². The first kappa shape index (κ1) is 26.1. The minimum absolute atomic E-state index is 0.116. The molecule has 3 heterocycles. The number of benzene rings is 1. The van der Waals surface area contributed by atoms with Gasteiger partial charge in [0.25, 0.3) is 6.43 Å². The number of ether oxygens (including phenoxy) is 1. The van der Waals surface area contributed by atoms with E-state index in [-0.39, 0.29) is 42.7 Å². The molecule has 0 aliphatic carbocycles. The van der Waals surface area contributed by atoms with Gasteiger partial charge < -0.3 is 25.4 Å². The molecule has 14 heteroatoms. The van der Waals surface area contributed by atoms with Crippen molar-refractivity contribution in [2.75, 3.05) is 44.0 Å². The Labute approximate surface area is 210 Å². The number of likely N-dealkylation sites (tertiary alicyclic amines) is 1. The summed E-state index contributed by atoms with van der Waals surface area (Å²) in [5, 5.41) is 22.5. The molecule has 2 unspecified atom stereocenters. The molecule has 0 bridgehead atoms. The molecule has 2 aromatic heterocycles. The Bertz CT molecular complexity index is 1300. The fourth-order valence-corrected chi connectivity index (χ4v) is 4.40. The molecule has 1 amide bonds. The highest BCUT2D eigenvalue weighted by Gasteiger charge is 2.42. The second-order valence-electron chi connectivity index (χ2n) is 8.82. The van der Waals surface area contributed by atoms with E-state index < -0.39 is 37.2 Å². The van der Waals surface area contributed by atoms with Crippen LogP contribution in [0.1, 0.15) is 13.3 Å². The van der Waals surface area contributed by atoms with Crippen LogP contribution in [0.25, 0.3) is 16.6 Å². The molecule has 1 saturated heterocycles. The number of methoxy groups -OCH3 is 1. The summed E-state index contributed by atoms with van der Waals surface area (Å²) in [7, 11) is 1.43. The number of fused-ring (bicyclic) bond motifs is 1. The van der Waals surface area contributed by atoms with Gasteiger partial charge in [0.15, 0.2) is 0 Å². The first-order chi connectivity index (χ1) is 17.7. The summed E-state index contributed by atoms with van der Waals surface area (Å²) in [6, 6.07) is 5.89. The quantitative estimate of drug-likeness (QED) is 0.317. The Balaban J connectivity index is 1.64. The highest BCUT2D eigenvalue weighted by Crippen LogP contribution is 2.36. The lowest BCUT2D eigenvalue weighted by atomic mass is 9.90. The zero-order chi connectivity index (χ0) is 26.7. The van der Waals surface area contributed by atoms with E-state index >= 15 is 4.39 Å². The molecular formula is C23H27F3N8O3. The molecular weight excluding hydrogens is 493 g/mol. The normalized spacial score (nSPS) is 19.8. The third-order valence-corrected chi connectivity index (χ3v) is 6.25. The predicted octanol–water partition coefficient (Wildman–Crippen LogP) is 3.48. The van der Waals surface area contributed by atoms with Crippen LogP contribution in [0.4, 0.5) is 30.5 Å². The number of anilines is 2. The minimum Gasteiger partial charge on any atom is -0.479 e. The van der Waals surface area contributed by atoms with Gasteiger partial charge in [0.05, 0.1) is 31.9 Å². The maximum absolute atomic E-state index is 15.4. The Hall–Kier alpha value is -3.94. The predicted molar refractivity (Wildman–Crippen MR) is 129 cm³/mol. The average Bonchev–Trinajstić information content (AvgIpc) is 3.31. The van der Waals surface area contributed by atoms with Crippen LogP contribution in [0.5, 0.6) is 5.88 Å². The van der Waals surface area contributed by atoms with E-state index in [0.717, 1.165) is 0 Å². The molecule has 2 atom stereocenters. The number of nitrogens with zero attached hydrogens (tertiary/aromatic N) is 5. The van der Waals surface area contributed by atoms with Crippen molar-refractivity contribution in [1.29, 1.82) is 5.53 Å². The van der Waals surface area contributed by atoms with Crippen LogP contribution >= 0.6 is 0 Å². The summed E-state index contributed by atoms with van der Waals surface area (Å²) >= 11 is 0. The van der Waals surface area contributed by atoms with Gasteiger partial charge in [0.1, 0.15) is 23.5 Å². The number of nitrogens with one attached hydrogen (secondary N) is 3. The summed E-state index contributed by atoms with van der Waals surface area (Å²) in [5.41, 5.74) is 7.76. The van der Waals surface area contributed by atoms with Crippen LogP contribution in [-0.2, 0) is 4.79 Å². The maximum atomic E-state index is 15.4. The molecule has 4 N–H and O–H groups in total. The van der Waals surface area contributed by atoms with Crippen molar-refractivity contribution in [3.8, 4) is 17.0 Å². The number of aliphatic hydroxyl groups excluding tert-OH is 1. The van der Waals surface area contributed by atoms with E-state index in [0.29, 0.717) is 16.6 Å². The lowest BCUT2D eigenvalue weighted by Gasteiger charge is -2.41. The van der Waals surface area contributed by atoms with E-state index in [1.807, 2.05) is 0 Å². The lowest BCUT2D eigenvalue weighted by molar-refractivity contribution is -0.138. The number of carbonyl (C=O) groups is 1. The van der Waals surface area contributed by atoms with Crippen LogP contribution in [0.15, 0.2) is 35.6 Å². The molecule has 0 spiro atoms. The van der Waals surface area contributed by atoms with Gasteiger partial charge in [-0.3, -0.25) is 4.79 Å². The second kappa shape index (κ2) is 10.6. The number of amides is 1. The molecule has 1 fully saturated rings. The maximum Gasteiger partial charge on any atom is 0.255 e. The minimum atomic E-state index is -2.58. The van der Waals surface area contributed by atoms with Gasteiger partial charge in [-0.1, -0.05) is 6.07 Å². The summed E-state index contributed by atoms with van der Waals surface area (Å²) in [5.74, 6) is -0.217. The Morgan fingerprint density at radius 1 is 1.41 bits per heavy atom. The number of carbonyl (C=O) groups excluding carboxylic acids is 1. The van der Waals surface area contributed by atoms with E-state index in [4.69, 9.17) is 15.4 Å². The first-order valence-corrected chi connectivity index (χ1v) is 11.5. The molecule has 198 valence electrons. The van der Waals surface area contributed by atoms with Crippen molar-refractivity contribution in [1.82, 2.24) is 19.5 Å². The van der Waals surface area contributed by atoms with E-state index in [2.05, 4.69) is 25.8 Å². The van der Waals surface area contributed by atoms with Gasteiger partial charge in [-0.2, -0.15) is 10.1 Å². The van der Waals surface area contributed by atoms with E-state index in [1.54, 1.807) is 30.5 Å². The van der Waals surface area contributed by atoms with Gasteiger partial charge in [-0.05, 0) is 37.1 Å². The number of alkyl halides is 3. The highest BCUT2D eigenvalue weighted by atomic mass is 19.3. The molecule has 3 aromatic rings. The largest absolute Gasteiger partial charge is 0.479 e. The third kappa shape index (κ3) is 5.43. The summed E-state index contributed by atoms with van der Waals surface area (Å²) in [4.78, 5) is 17.5. The molecule has 0 saturated carbocycles. The van der Waals surface area contributed by atoms with Gasteiger partial charge in [-0.15, -0.1) is 5.10 Å². The zero-order valence-corrected chi connectivity index (χ0v) is 20.2. The number of piperidine rings is 1. The topological polar surface area (TPSA) is 140 Å². The van der Waals surface area contributed by atoms with Crippen molar-refractivity contribution in [2.24, 2.45) is 5.11 Å². The third-order valence-electron chi connectivity index (χ3n) is 6.25. The zero-order valence-electron chi connectivity index (χ0n) is 20.2. The molecule has 11 nitrogen and oxygen atoms in total. The number of hydrogen-bond donors (Lipinski definition) is 4. The lowest BCUT2D eigenvalue weighted by Crippen LogP contribution is -2.57. The number of hydrogen-bond acceptors (Lipinski definition) is 9. The van der Waals surface area contributed by atoms with Gasteiger partial charge in [0, 0.05) is 18.3 Å². The average molecular weight is 521 g/mol. The van der Waals surface area contributed by atoms with E-state index in [1.165, 1.54) is 23.4 Å². The van der Waals surface area contributed by atoms with Crippen LogP contribution in [-0.4, -0.2) is 82.0 Å². The Morgan fingerprint density at radius 2 is 2.19 bits per heavy atom. The fraction of sp³-hybridized carbons (Fsp3) is 0.435. The highest BCUT2D eigenvalue weighted by molar-refractivity contribution is 5.87. The summed E-state index contributed by atoms with van der Waals surface area (Å²) < 4.78 is 47.9. The number of aromatic nitrogens is 3. The van der Waals surface area contributed by atoms with Gasteiger partial charge in [-0.25, -0.2) is 23.2 Å². The van der Waals surface area contributed by atoms with Crippen molar-refractivity contribution in [3.63, 3.8) is 0 Å².